The minimum Gasteiger partial charge on any atom is -0.490 e. The second-order valence-electron chi connectivity index (χ2n) is 5.20. The van der Waals surface area contributed by atoms with E-state index in [1.54, 1.807) is 18.2 Å². The van der Waals surface area contributed by atoms with Crippen LogP contribution in [0.2, 0.25) is 0 Å². The summed E-state index contributed by atoms with van der Waals surface area (Å²) in [5.74, 6) is 0.709. The Morgan fingerprint density at radius 3 is 2.62 bits per heavy atom. The molecule has 0 unspecified atom stereocenters. The van der Waals surface area contributed by atoms with Gasteiger partial charge in [0.1, 0.15) is 13.2 Å². The minimum absolute atomic E-state index is 0.175. The third-order valence-corrected chi connectivity index (χ3v) is 3.46. The molecule has 0 N–H and O–H groups in total. The van der Waals surface area contributed by atoms with E-state index in [1.807, 2.05) is 38.1 Å². The molecule has 2 rings (SSSR count). The summed E-state index contributed by atoms with van der Waals surface area (Å²) < 4.78 is 16.5. The first kappa shape index (κ1) is 17.6. The van der Waals surface area contributed by atoms with Gasteiger partial charge in [0.15, 0.2) is 11.5 Å². The van der Waals surface area contributed by atoms with Crippen molar-refractivity contribution in [2.75, 3.05) is 13.2 Å². The summed E-state index contributed by atoms with van der Waals surface area (Å²) in [6.45, 7) is 8.54. The van der Waals surface area contributed by atoms with Crippen LogP contribution in [0.3, 0.4) is 0 Å². The van der Waals surface area contributed by atoms with Crippen LogP contribution in [-0.2, 0) is 11.3 Å². The molecular formula is C20H22O4. The number of rotatable bonds is 8. The molecule has 0 amide bonds. The molecule has 0 saturated carbocycles. The normalized spacial score (nSPS) is 10.1. The SMILES string of the molecule is C=CCOC(=O)c1ccc(OCc2ccccc2C)c(OCC)c1. The Bertz CT molecular complexity index is 707. The standard InChI is InChI=1S/C20H22O4/c1-4-12-23-20(21)16-10-11-18(19(13-16)22-5-2)24-14-17-9-7-6-8-15(17)3/h4,6-11,13H,1,5,12,14H2,2-3H3. The molecule has 0 radical (unpaired) electrons. The number of benzene rings is 2. The molecule has 0 spiro atoms. The van der Waals surface area contributed by atoms with Gasteiger partial charge in [-0.2, -0.15) is 0 Å². The third kappa shape index (κ3) is 4.62. The summed E-state index contributed by atoms with van der Waals surface area (Å²) in [5.41, 5.74) is 2.69. The second kappa shape index (κ2) is 8.77. The van der Waals surface area contributed by atoms with Crippen LogP contribution in [0.1, 0.15) is 28.4 Å². The number of hydrogen-bond acceptors (Lipinski definition) is 4. The monoisotopic (exact) mass is 326 g/mol. The van der Waals surface area contributed by atoms with Crippen molar-refractivity contribution in [2.24, 2.45) is 0 Å². The topological polar surface area (TPSA) is 44.8 Å². The molecule has 0 heterocycles. The van der Waals surface area contributed by atoms with E-state index in [-0.39, 0.29) is 6.61 Å². The van der Waals surface area contributed by atoms with Crippen molar-refractivity contribution in [2.45, 2.75) is 20.5 Å². The fourth-order valence-electron chi connectivity index (χ4n) is 2.17. The van der Waals surface area contributed by atoms with Gasteiger partial charge in [0.05, 0.1) is 12.2 Å². The number of carbonyl (C=O) groups excluding carboxylic acids is 1. The molecule has 2 aromatic carbocycles. The Kier molecular flexibility index (Phi) is 6.43. The van der Waals surface area contributed by atoms with Crippen LogP contribution in [0.15, 0.2) is 55.1 Å². The highest BCUT2D eigenvalue weighted by Crippen LogP contribution is 2.30. The molecule has 4 nitrogen and oxygen atoms in total. The first-order valence-corrected chi connectivity index (χ1v) is 7.88. The molecule has 4 heteroatoms. The van der Waals surface area contributed by atoms with Gasteiger partial charge >= 0.3 is 5.97 Å². The molecule has 2 aromatic rings. The maximum atomic E-state index is 11.9. The molecule has 24 heavy (non-hydrogen) atoms. The molecule has 126 valence electrons. The number of esters is 1. The summed E-state index contributed by atoms with van der Waals surface area (Å²) in [5, 5.41) is 0. The zero-order valence-corrected chi connectivity index (χ0v) is 14.1. The third-order valence-electron chi connectivity index (χ3n) is 3.46. The van der Waals surface area contributed by atoms with Crippen LogP contribution in [-0.4, -0.2) is 19.2 Å². The highest BCUT2D eigenvalue weighted by molar-refractivity contribution is 5.90. The van der Waals surface area contributed by atoms with Crippen LogP contribution in [0.25, 0.3) is 0 Å². The Balaban J connectivity index is 2.15. The van der Waals surface area contributed by atoms with Gasteiger partial charge < -0.3 is 14.2 Å². The molecule has 0 aliphatic carbocycles. The fourth-order valence-corrected chi connectivity index (χ4v) is 2.17. The summed E-state index contributed by atoms with van der Waals surface area (Å²) >= 11 is 0. The largest absolute Gasteiger partial charge is 0.490 e. The number of aryl methyl sites for hydroxylation is 1. The highest BCUT2D eigenvalue weighted by atomic mass is 16.5. The van der Waals surface area contributed by atoms with Gasteiger partial charge in [-0.05, 0) is 43.2 Å². The zero-order chi connectivity index (χ0) is 17.4. The van der Waals surface area contributed by atoms with Gasteiger partial charge in [-0.15, -0.1) is 0 Å². The summed E-state index contributed by atoms with van der Waals surface area (Å²) in [6, 6.07) is 13.1. The first-order chi connectivity index (χ1) is 11.7. The summed E-state index contributed by atoms with van der Waals surface area (Å²) in [7, 11) is 0. The highest BCUT2D eigenvalue weighted by Gasteiger charge is 2.13. The van der Waals surface area contributed by atoms with Crippen LogP contribution in [0, 0.1) is 6.92 Å². The van der Waals surface area contributed by atoms with Gasteiger partial charge in [-0.3, -0.25) is 0 Å². The molecule has 0 bridgehead atoms. The fraction of sp³-hybridized carbons (Fsp3) is 0.250. The Labute approximate surface area is 142 Å². The maximum Gasteiger partial charge on any atom is 0.338 e. The van der Waals surface area contributed by atoms with E-state index in [0.29, 0.717) is 30.3 Å². The number of carbonyl (C=O) groups is 1. The van der Waals surface area contributed by atoms with Gasteiger partial charge in [-0.25, -0.2) is 4.79 Å². The molecule has 0 aliphatic heterocycles. The summed E-state index contributed by atoms with van der Waals surface area (Å²) in [4.78, 5) is 11.9. The minimum atomic E-state index is -0.415. The first-order valence-electron chi connectivity index (χ1n) is 7.88. The predicted octanol–water partition coefficient (Wildman–Crippen LogP) is 4.32. The summed E-state index contributed by atoms with van der Waals surface area (Å²) in [6.07, 6.45) is 1.53. The molecule has 0 saturated heterocycles. The predicted molar refractivity (Wildman–Crippen MR) is 93.6 cm³/mol. The maximum absolute atomic E-state index is 11.9. The Morgan fingerprint density at radius 2 is 1.92 bits per heavy atom. The van der Waals surface area contributed by atoms with Gasteiger partial charge in [0.2, 0.25) is 0 Å². The lowest BCUT2D eigenvalue weighted by atomic mass is 10.1. The molecule has 0 fully saturated rings. The van der Waals surface area contributed by atoms with E-state index in [9.17, 15) is 4.79 Å². The van der Waals surface area contributed by atoms with Crippen molar-refractivity contribution in [3.8, 4) is 11.5 Å². The van der Waals surface area contributed by atoms with Crippen molar-refractivity contribution >= 4 is 5.97 Å². The molecule has 0 aliphatic rings. The number of ether oxygens (including phenoxy) is 3. The van der Waals surface area contributed by atoms with Gasteiger partial charge in [-0.1, -0.05) is 36.9 Å². The number of hydrogen-bond donors (Lipinski definition) is 0. The van der Waals surface area contributed by atoms with Crippen LogP contribution in [0.5, 0.6) is 11.5 Å². The van der Waals surface area contributed by atoms with E-state index < -0.39 is 5.97 Å². The van der Waals surface area contributed by atoms with Crippen molar-refractivity contribution in [1.82, 2.24) is 0 Å². The Morgan fingerprint density at radius 1 is 1.12 bits per heavy atom. The van der Waals surface area contributed by atoms with E-state index >= 15 is 0 Å². The van der Waals surface area contributed by atoms with E-state index in [2.05, 4.69) is 6.58 Å². The van der Waals surface area contributed by atoms with E-state index in [0.717, 1.165) is 5.56 Å². The molecular weight excluding hydrogens is 304 g/mol. The average molecular weight is 326 g/mol. The lowest BCUT2D eigenvalue weighted by Gasteiger charge is -2.14. The zero-order valence-electron chi connectivity index (χ0n) is 14.1. The quantitative estimate of drug-likeness (QED) is 0.535. The van der Waals surface area contributed by atoms with E-state index in [4.69, 9.17) is 14.2 Å². The Hall–Kier alpha value is -2.75. The average Bonchev–Trinajstić information content (AvgIpc) is 2.60. The van der Waals surface area contributed by atoms with Crippen LogP contribution >= 0.6 is 0 Å². The second-order valence-corrected chi connectivity index (χ2v) is 5.20. The lowest BCUT2D eigenvalue weighted by Crippen LogP contribution is -2.07. The molecule has 0 atom stereocenters. The van der Waals surface area contributed by atoms with Crippen molar-refractivity contribution in [3.05, 3.63) is 71.8 Å². The van der Waals surface area contributed by atoms with Crippen LogP contribution in [0.4, 0.5) is 0 Å². The van der Waals surface area contributed by atoms with Crippen molar-refractivity contribution in [1.29, 1.82) is 0 Å². The smallest absolute Gasteiger partial charge is 0.338 e. The van der Waals surface area contributed by atoms with Crippen molar-refractivity contribution in [3.63, 3.8) is 0 Å². The van der Waals surface area contributed by atoms with Gasteiger partial charge in [0, 0.05) is 0 Å². The van der Waals surface area contributed by atoms with E-state index in [1.165, 1.54) is 11.6 Å². The lowest BCUT2D eigenvalue weighted by molar-refractivity contribution is 0.0549. The van der Waals surface area contributed by atoms with Gasteiger partial charge in [0.25, 0.3) is 0 Å². The molecule has 0 aromatic heterocycles. The van der Waals surface area contributed by atoms with Crippen LogP contribution < -0.4 is 9.47 Å². The van der Waals surface area contributed by atoms with Crippen molar-refractivity contribution < 1.29 is 19.0 Å².